The number of benzene rings is 1. The summed E-state index contributed by atoms with van der Waals surface area (Å²) in [4.78, 5) is -0.330. The second-order valence-corrected chi connectivity index (χ2v) is 7.65. The molecule has 2 aliphatic heterocycles. The maximum atomic E-state index is 14.0. The molecule has 0 radical (unpaired) electrons. The van der Waals surface area contributed by atoms with Crippen molar-refractivity contribution in [3.05, 3.63) is 29.0 Å². The maximum absolute atomic E-state index is 14.0. The summed E-state index contributed by atoms with van der Waals surface area (Å²) in [6.45, 7) is 1.77. The first kappa shape index (κ1) is 14.3. The van der Waals surface area contributed by atoms with Crippen LogP contribution in [-0.2, 0) is 10.0 Å². The van der Waals surface area contributed by atoms with E-state index in [2.05, 4.69) is 5.32 Å². The molecule has 0 spiro atoms. The van der Waals surface area contributed by atoms with Gasteiger partial charge in [0.25, 0.3) is 0 Å². The van der Waals surface area contributed by atoms with E-state index in [0.717, 1.165) is 19.4 Å². The van der Waals surface area contributed by atoms with Gasteiger partial charge in [-0.05, 0) is 37.4 Å². The van der Waals surface area contributed by atoms with Crippen LogP contribution in [0.2, 0.25) is 5.02 Å². The van der Waals surface area contributed by atoms with Crippen molar-refractivity contribution in [1.29, 1.82) is 0 Å². The van der Waals surface area contributed by atoms with Crippen LogP contribution >= 0.6 is 11.6 Å². The van der Waals surface area contributed by atoms with E-state index in [4.69, 9.17) is 11.6 Å². The molecule has 1 N–H and O–H groups in total. The van der Waals surface area contributed by atoms with Crippen LogP contribution in [0.4, 0.5) is 4.39 Å². The zero-order valence-electron chi connectivity index (χ0n) is 10.9. The van der Waals surface area contributed by atoms with E-state index in [1.54, 1.807) is 0 Å². The lowest BCUT2D eigenvalue weighted by Crippen LogP contribution is -2.41. The Labute approximate surface area is 123 Å². The number of hydrogen-bond donors (Lipinski definition) is 1. The minimum atomic E-state index is -3.82. The maximum Gasteiger partial charge on any atom is 0.246 e. The fourth-order valence-corrected chi connectivity index (χ4v) is 4.87. The van der Waals surface area contributed by atoms with E-state index < -0.39 is 15.8 Å². The van der Waals surface area contributed by atoms with E-state index in [1.165, 1.54) is 22.5 Å². The lowest BCUT2D eigenvalue weighted by molar-refractivity contribution is 0.339. The second kappa shape index (κ2) is 5.26. The van der Waals surface area contributed by atoms with E-state index in [-0.39, 0.29) is 16.0 Å². The first-order valence-corrected chi connectivity index (χ1v) is 8.49. The molecule has 2 saturated heterocycles. The molecule has 0 saturated carbocycles. The Kier molecular flexibility index (Phi) is 3.75. The average Bonchev–Trinajstić information content (AvgIpc) is 2.86. The van der Waals surface area contributed by atoms with Crippen LogP contribution in [0.15, 0.2) is 23.1 Å². The fraction of sp³-hybridized carbons (Fsp3) is 0.538. The Bertz CT molecular complexity index is 609. The van der Waals surface area contributed by atoms with Gasteiger partial charge in [0.15, 0.2) is 5.82 Å². The smallest absolute Gasteiger partial charge is 0.246 e. The molecule has 0 unspecified atom stereocenters. The third-order valence-corrected chi connectivity index (χ3v) is 6.24. The summed E-state index contributed by atoms with van der Waals surface area (Å²) < 4.78 is 40.4. The molecule has 0 bridgehead atoms. The first-order valence-electron chi connectivity index (χ1n) is 6.67. The highest BCUT2D eigenvalue weighted by Crippen LogP contribution is 2.31. The van der Waals surface area contributed by atoms with Gasteiger partial charge in [0.1, 0.15) is 4.90 Å². The van der Waals surface area contributed by atoms with Crippen LogP contribution < -0.4 is 5.32 Å². The van der Waals surface area contributed by atoms with Gasteiger partial charge in [-0.1, -0.05) is 17.7 Å². The number of hydrogen-bond acceptors (Lipinski definition) is 3. The van der Waals surface area contributed by atoms with Crippen LogP contribution in [0.25, 0.3) is 0 Å². The van der Waals surface area contributed by atoms with E-state index >= 15 is 0 Å². The lowest BCUT2D eigenvalue weighted by Gasteiger charge is -2.24. The van der Waals surface area contributed by atoms with E-state index in [9.17, 15) is 12.8 Å². The van der Waals surface area contributed by atoms with Crippen LogP contribution in [0.5, 0.6) is 0 Å². The van der Waals surface area contributed by atoms with Gasteiger partial charge in [-0.25, -0.2) is 12.8 Å². The zero-order chi connectivity index (χ0) is 14.3. The topological polar surface area (TPSA) is 49.4 Å². The predicted molar refractivity (Wildman–Crippen MR) is 74.7 cm³/mol. The summed E-state index contributed by atoms with van der Waals surface area (Å²) in [5.41, 5.74) is 0. The molecular weight excluding hydrogens is 303 g/mol. The van der Waals surface area contributed by atoms with Gasteiger partial charge in [-0.2, -0.15) is 4.31 Å². The third kappa shape index (κ3) is 2.35. The minimum absolute atomic E-state index is 0.166. The molecule has 2 atom stereocenters. The van der Waals surface area contributed by atoms with Crippen molar-refractivity contribution >= 4 is 21.6 Å². The minimum Gasteiger partial charge on any atom is -0.312 e. The molecule has 2 heterocycles. The van der Waals surface area contributed by atoms with Gasteiger partial charge in [0, 0.05) is 19.1 Å². The van der Waals surface area contributed by atoms with Crippen molar-refractivity contribution < 1.29 is 12.8 Å². The summed E-state index contributed by atoms with van der Waals surface area (Å²) in [5, 5.41) is 3.17. The van der Waals surface area contributed by atoms with Gasteiger partial charge in [-0.15, -0.1) is 0 Å². The van der Waals surface area contributed by atoms with Gasteiger partial charge in [-0.3, -0.25) is 0 Å². The van der Waals surface area contributed by atoms with Crippen molar-refractivity contribution in [2.75, 3.05) is 19.6 Å². The molecule has 0 aromatic heterocycles. The highest BCUT2D eigenvalue weighted by atomic mass is 35.5. The number of nitrogens with zero attached hydrogens (tertiary/aromatic N) is 1. The lowest BCUT2D eigenvalue weighted by atomic mass is 9.94. The van der Waals surface area contributed by atoms with Crippen LogP contribution in [-0.4, -0.2) is 38.4 Å². The van der Waals surface area contributed by atoms with E-state index in [0.29, 0.717) is 19.0 Å². The Morgan fingerprint density at radius 1 is 1.35 bits per heavy atom. The molecule has 0 amide bonds. The molecule has 4 nitrogen and oxygen atoms in total. The molecule has 3 rings (SSSR count). The zero-order valence-corrected chi connectivity index (χ0v) is 12.4. The number of halogens is 2. The van der Waals surface area contributed by atoms with Crippen molar-refractivity contribution in [3.8, 4) is 0 Å². The number of piperidine rings is 1. The van der Waals surface area contributed by atoms with Crippen molar-refractivity contribution in [3.63, 3.8) is 0 Å². The summed E-state index contributed by atoms with van der Waals surface area (Å²) in [5.74, 6) is -0.544. The average molecular weight is 319 g/mol. The number of fused-ring (bicyclic) bond motifs is 1. The molecule has 2 fully saturated rings. The second-order valence-electron chi connectivity index (χ2n) is 5.34. The molecule has 110 valence electrons. The van der Waals surface area contributed by atoms with Gasteiger partial charge < -0.3 is 5.32 Å². The Hall–Kier alpha value is -0.690. The van der Waals surface area contributed by atoms with E-state index in [1.807, 2.05) is 0 Å². The number of sulfonamides is 1. The molecule has 7 heteroatoms. The number of nitrogens with one attached hydrogen (secondary N) is 1. The van der Waals surface area contributed by atoms with Gasteiger partial charge in [0.05, 0.1) is 5.02 Å². The molecule has 1 aromatic rings. The van der Waals surface area contributed by atoms with Crippen molar-refractivity contribution in [2.24, 2.45) is 5.92 Å². The van der Waals surface area contributed by atoms with Crippen LogP contribution in [0.1, 0.15) is 12.8 Å². The highest BCUT2D eigenvalue weighted by molar-refractivity contribution is 7.89. The normalized spacial score (nSPS) is 27.5. The Balaban J connectivity index is 1.91. The molecule has 20 heavy (non-hydrogen) atoms. The summed E-state index contributed by atoms with van der Waals surface area (Å²) in [6, 6.07) is 4.26. The summed E-state index contributed by atoms with van der Waals surface area (Å²) in [7, 11) is -3.82. The molecule has 2 aliphatic rings. The van der Waals surface area contributed by atoms with Crippen LogP contribution in [0.3, 0.4) is 0 Å². The molecule has 0 aliphatic carbocycles. The van der Waals surface area contributed by atoms with Gasteiger partial charge in [0.2, 0.25) is 10.0 Å². The SMILES string of the molecule is O=S(=O)(c1cccc(Cl)c1F)N1C[C@@H]2CCCN[C@@H]2C1. The summed E-state index contributed by atoms with van der Waals surface area (Å²) in [6.07, 6.45) is 2.07. The van der Waals surface area contributed by atoms with Crippen molar-refractivity contribution in [1.82, 2.24) is 9.62 Å². The quantitative estimate of drug-likeness (QED) is 0.905. The number of rotatable bonds is 2. The summed E-state index contributed by atoms with van der Waals surface area (Å²) >= 11 is 5.68. The highest BCUT2D eigenvalue weighted by Gasteiger charge is 2.41. The molecular formula is C13H16ClFN2O2S. The van der Waals surface area contributed by atoms with Crippen LogP contribution in [0, 0.1) is 11.7 Å². The van der Waals surface area contributed by atoms with Crippen molar-refractivity contribution in [2.45, 2.75) is 23.8 Å². The Morgan fingerprint density at radius 3 is 2.90 bits per heavy atom. The third-order valence-electron chi connectivity index (χ3n) is 4.10. The largest absolute Gasteiger partial charge is 0.312 e. The monoisotopic (exact) mass is 318 g/mol. The fourth-order valence-electron chi connectivity index (χ4n) is 3.03. The predicted octanol–water partition coefficient (Wildman–Crippen LogP) is 1.85. The molecule has 1 aromatic carbocycles. The standard InChI is InChI=1S/C13H16ClFN2O2S/c14-10-4-1-5-12(13(10)15)20(18,19)17-7-9-3-2-6-16-11(9)8-17/h1,4-5,9,11,16H,2-3,6-8H2/t9-,11+/m0/s1. The van der Waals surface area contributed by atoms with Gasteiger partial charge >= 0.3 is 0 Å². The Morgan fingerprint density at radius 2 is 2.15 bits per heavy atom. The first-order chi connectivity index (χ1) is 9.50.